The summed E-state index contributed by atoms with van der Waals surface area (Å²) >= 11 is 0.862. The Morgan fingerprint density at radius 2 is 2.11 bits per heavy atom. The van der Waals surface area contributed by atoms with Gasteiger partial charge in [-0.2, -0.15) is 5.26 Å². The number of halogens is 2. The molecule has 4 aromatic rings. The Kier molecular flexibility index (Phi) is 4.25. The normalized spacial score (nSPS) is 22.4. The first kappa shape index (κ1) is 17.9. The van der Waals surface area contributed by atoms with Crippen molar-refractivity contribution in [3.8, 4) is 17.3 Å². The molecule has 1 saturated heterocycles. The summed E-state index contributed by atoms with van der Waals surface area (Å²) in [5, 5.41) is 23.5. The van der Waals surface area contributed by atoms with Crippen molar-refractivity contribution in [1.82, 2.24) is 20.3 Å². The minimum absolute atomic E-state index is 0.00795. The number of benzene rings is 1. The van der Waals surface area contributed by atoms with Gasteiger partial charge in [0, 0.05) is 49.9 Å². The number of hydrogen-bond acceptors (Lipinski definition) is 10. The quantitative estimate of drug-likeness (QED) is 0.364. The number of nitrogen functional groups attached to an aromatic ring is 1. The predicted octanol–water partition coefficient (Wildman–Crippen LogP) is 3.22. The summed E-state index contributed by atoms with van der Waals surface area (Å²) in [6, 6.07) is -0.880. The monoisotopic (exact) mass is 529 g/mol. The largest absolute Gasteiger partial charge is 0.390 e. The molecule has 9 nitrogen and oxygen atoms in total. The van der Waals surface area contributed by atoms with Crippen LogP contribution in [0.3, 0.4) is 0 Å². The molecule has 0 aliphatic carbocycles. The summed E-state index contributed by atoms with van der Waals surface area (Å²) in [7, 11) is 0. The van der Waals surface area contributed by atoms with E-state index in [0.717, 1.165) is 17.5 Å². The van der Waals surface area contributed by atoms with E-state index in [1.54, 1.807) is 0 Å². The molecular weight excluding hydrogens is 500 g/mol. The minimum atomic E-state index is -2.86. The van der Waals surface area contributed by atoms with Crippen LogP contribution in [0.25, 0.3) is 32.2 Å². The lowest BCUT2D eigenvalue weighted by molar-refractivity contribution is 0.135. The molecule has 3 aromatic heterocycles. The van der Waals surface area contributed by atoms with Gasteiger partial charge in [0.25, 0.3) is 0 Å². The van der Waals surface area contributed by atoms with Crippen LogP contribution in [0.5, 0.6) is 0 Å². The van der Waals surface area contributed by atoms with E-state index in [0.29, 0.717) is 16.5 Å². The molecule has 5 heterocycles. The zero-order chi connectivity index (χ0) is 31.0. The fourth-order valence-electron chi connectivity index (χ4n) is 5.02. The predicted molar refractivity (Wildman–Crippen MR) is 136 cm³/mol. The first-order chi connectivity index (χ1) is 20.2. The summed E-state index contributed by atoms with van der Waals surface area (Å²) < 4.78 is 82.7. The number of aliphatic hydroxyl groups is 1. The van der Waals surface area contributed by atoms with Crippen LogP contribution in [-0.2, 0) is 18.0 Å². The van der Waals surface area contributed by atoms with Gasteiger partial charge in [-0.3, -0.25) is 4.98 Å². The molecule has 1 aromatic carbocycles. The lowest BCUT2D eigenvalue weighted by atomic mass is 9.94. The molecule has 4 N–H and O–H groups in total. The molecule has 0 saturated carbocycles. The van der Waals surface area contributed by atoms with E-state index in [4.69, 9.17) is 18.7 Å². The number of nitrogens with one attached hydrogen (secondary N) is 1. The number of nitrogens with two attached hydrogens (primary N) is 1. The zero-order valence-corrected chi connectivity index (χ0v) is 19.9. The number of rotatable bonds is 4. The number of β-amino-alcohol motifs (C(OH)–C–C–N with tert-alkyl or cyclic N) is 1. The average Bonchev–Trinajstić information content (AvgIpc) is 3.64. The molecule has 2 aliphatic heterocycles. The van der Waals surface area contributed by atoms with Gasteiger partial charge in [0.05, 0.1) is 47.5 Å². The van der Waals surface area contributed by atoms with Crippen molar-refractivity contribution < 1.29 is 26.8 Å². The van der Waals surface area contributed by atoms with Crippen LogP contribution in [0.4, 0.5) is 19.7 Å². The Morgan fingerprint density at radius 1 is 1.30 bits per heavy atom. The summed E-state index contributed by atoms with van der Waals surface area (Å²) in [5.74, 6) is -1.50. The lowest BCUT2D eigenvalue weighted by Crippen LogP contribution is -2.42. The number of fused-ring (bicyclic) bond motifs is 4. The standard InChI is InChI=1S/C25H23F2N7O2S/c1-10(2)32-16-6-34(7-17(16)35)25-31-4-12-13-8-36-9-14(13)18(20(27)21(12)33-25)22-19-11(3-28)24(29)37-23(19)15(26)5-30-22/h4-5,10,16-17,32,35H,6-9,29H2,1-2H3/t16-,17-/m1/s1/i1D3,2D3. The maximum atomic E-state index is 16.5. The van der Waals surface area contributed by atoms with Crippen LogP contribution in [-0.4, -0.2) is 51.3 Å². The highest BCUT2D eigenvalue weighted by molar-refractivity contribution is 7.23. The molecule has 0 amide bonds. The third-order valence-electron chi connectivity index (χ3n) is 6.68. The molecule has 0 bridgehead atoms. The van der Waals surface area contributed by atoms with Gasteiger partial charge in [0.1, 0.15) is 16.6 Å². The van der Waals surface area contributed by atoms with Gasteiger partial charge in [-0.15, -0.1) is 11.3 Å². The second-order valence-electron chi connectivity index (χ2n) is 8.86. The van der Waals surface area contributed by atoms with E-state index in [1.165, 1.54) is 11.1 Å². The van der Waals surface area contributed by atoms with Crippen molar-refractivity contribution in [1.29, 1.82) is 5.26 Å². The topological polar surface area (TPSA) is 133 Å². The smallest absolute Gasteiger partial charge is 0.226 e. The van der Waals surface area contributed by atoms with Crippen LogP contribution < -0.4 is 16.0 Å². The Hall–Kier alpha value is -3.50. The number of thiophene rings is 1. The minimum Gasteiger partial charge on any atom is -0.390 e. The van der Waals surface area contributed by atoms with E-state index < -0.39 is 43.5 Å². The van der Waals surface area contributed by atoms with Crippen molar-refractivity contribution in [2.75, 3.05) is 23.7 Å². The Labute approximate surface area is 222 Å². The van der Waals surface area contributed by atoms with Gasteiger partial charge in [-0.25, -0.2) is 18.7 Å². The van der Waals surface area contributed by atoms with E-state index in [2.05, 4.69) is 20.3 Å². The van der Waals surface area contributed by atoms with Crippen molar-refractivity contribution >= 4 is 43.3 Å². The van der Waals surface area contributed by atoms with Gasteiger partial charge < -0.3 is 25.8 Å². The van der Waals surface area contributed by atoms with Crippen molar-refractivity contribution in [2.24, 2.45) is 0 Å². The summed E-state index contributed by atoms with van der Waals surface area (Å²) in [6.45, 7) is -5.72. The van der Waals surface area contributed by atoms with E-state index in [1.807, 2.05) is 6.07 Å². The summed E-state index contributed by atoms with van der Waals surface area (Å²) in [5.41, 5.74) is 6.91. The summed E-state index contributed by atoms with van der Waals surface area (Å²) in [6.07, 6.45) is 1.18. The SMILES string of the molecule is [2H]C([2H])([2H])C(N[C@@H]1CN(c2ncc3c4c(c(-c5ncc(F)c6sc(N)c(C#N)c56)c(F)c3n2)COC4)C[C@H]1O)C([2H])([2H])[2H]. The van der Waals surface area contributed by atoms with Crippen LogP contribution >= 0.6 is 11.3 Å². The summed E-state index contributed by atoms with van der Waals surface area (Å²) in [4.78, 5) is 14.5. The van der Waals surface area contributed by atoms with Crippen LogP contribution in [0.1, 0.15) is 38.6 Å². The number of hydrogen-bond donors (Lipinski definition) is 3. The molecular formula is C25H23F2N7O2S. The molecule has 0 radical (unpaired) electrons. The van der Waals surface area contributed by atoms with E-state index in [-0.39, 0.29) is 69.7 Å². The number of aliphatic hydroxyl groups excluding tert-OH is 1. The van der Waals surface area contributed by atoms with Gasteiger partial charge in [0.15, 0.2) is 11.6 Å². The number of aromatic nitrogens is 3. The second-order valence-corrected chi connectivity index (χ2v) is 9.91. The third-order valence-corrected chi connectivity index (χ3v) is 7.71. The fraction of sp³-hybridized carbons (Fsp3) is 0.360. The first-order valence-corrected chi connectivity index (χ1v) is 12.1. The maximum absolute atomic E-state index is 16.5. The van der Waals surface area contributed by atoms with E-state index in [9.17, 15) is 14.8 Å². The molecule has 2 aliphatic rings. The molecule has 1 fully saturated rings. The average molecular weight is 530 g/mol. The number of ether oxygens (including phenoxy) is 1. The van der Waals surface area contributed by atoms with Gasteiger partial charge >= 0.3 is 0 Å². The van der Waals surface area contributed by atoms with Crippen molar-refractivity contribution in [3.05, 3.63) is 40.7 Å². The molecule has 190 valence electrons. The Morgan fingerprint density at radius 3 is 2.89 bits per heavy atom. The van der Waals surface area contributed by atoms with Crippen LogP contribution in [0.15, 0.2) is 12.4 Å². The van der Waals surface area contributed by atoms with Gasteiger partial charge in [-0.1, -0.05) is 13.7 Å². The van der Waals surface area contributed by atoms with Gasteiger partial charge in [-0.05, 0) is 11.1 Å². The second kappa shape index (κ2) is 8.81. The third kappa shape index (κ3) is 3.69. The number of pyridine rings is 1. The van der Waals surface area contributed by atoms with Crippen molar-refractivity contribution in [3.63, 3.8) is 0 Å². The highest BCUT2D eigenvalue weighted by Crippen LogP contribution is 2.45. The Balaban J connectivity index is 1.44. The lowest BCUT2D eigenvalue weighted by Gasteiger charge is -2.19. The molecule has 12 heteroatoms. The van der Waals surface area contributed by atoms with Crippen molar-refractivity contribution in [2.45, 2.75) is 45.1 Å². The molecule has 0 spiro atoms. The molecule has 37 heavy (non-hydrogen) atoms. The number of anilines is 2. The number of nitriles is 1. The van der Waals surface area contributed by atoms with E-state index >= 15 is 4.39 Å². The molecule has 2 atom stereocenters. The van der Waals surface area contributed by atoms with Gasteiger partial charge in [0.2, 0.25) is 5.95 Å². The maximum Gasteiger partial charge on any atom is 0.226 e. The highest BCUT2D eigenvalue weighted by Gasteiger charge is 2.34. The first-order valence-electron chi connectivity index (χ1n) is 14.2. The molecule has 6 rings (SSSR count). The van der Waals surface area contributed by atoms with Crippen LogP contribution in [0, 0.1) is 23.0 Å². The highest BCUT2D eigenvalue weighted by atomic mass is 32.1. The fourth-order valence-corrected chi connectivity index (χ4v) is 5.94. The molecule has 0 unspecified atom stereocenters. The number of nitrogens with zero attached hydrogens (tertiary/aromatic N) is 5. The zero-order valence-electron chi connectivity index (χ0n) is 25.0. The Bertz CT molecular complexity index is 1810. The van der Waals surface area contributed by atoms with Crippen LogP contribution in [0.2, 0.25) is 0 Å².